The number of hydrogen-bond acceptors (Lipinski definition) is 1. The monoisotopic (exact) mass is 140 g/mol. The van der Waals surface area contributed by atoms with Crippen molar-refractivity contribution in [2.24, 2.45) is 5.92 Å². The van der Waals surface area contributed by atoms with Crippen LogP contribution in [0.15, 0.2) is 12.2 Å². The Kier molecular flexibility index (Phi) is 2.50. The molecule has 2 atom stereocenters. The summed E-state index contributed by atoms with van der Waals surface area (Å²) in [5.41, 5.74) is 1.28. The zero-order valence-electron chi connectivity index (χ0n) is 6.89. The van der Waals surface area contributed by atoms with Gasteiger partial charge in [0.25, 0.3) is 0 Å². The first-order chi connectivity index (χ1) is 4.75. The fourth-order valence-corrected chi connectivity index (χ4v) is 1.75. The van der Waals surface area contributed by atoms with Crippen molar-refractivity contribution in [1.29, 1.82) is 0 Å². The molecule has 0 aromatic heterocycles. The van der Waals surface area contributed by atoms with Gasteiger partial charge in [0.05, 0.1) is 6.10 Å². The number of rotatable bonds is 1. The van der Waals surface area contributed by atoms with Crippen LogP contribution in [0, 0.1) is 5.92 Å². The molecule has 0 N–H and O–H groups in total. The van der Waals surface area contributed by atoms with Gasteiger partial charge in [-0.2, -0.15) is 0 Å². The van der Waals surface area contributed by atoms with Gasteiger partial charge in [-0.05, 0) is 30.8 Å². The van der Waals surface area contributed by atoms with Crippen molar-refractivity contribution in [1.82, 2.24) is 0 Å². The molecule has 0 spiro atoms. The summed E-state index contributed by atoms with van der Waals surface area (Å²) in [6.07, 6.45) is 4.06. The Bertz CT molecular complexity index is 129. The van der Waals surface area contributed by atoms with Crippen LogP contribution in [0.25, 0.3) is 0 Å². The quantitative estimate of drug-likeness (QED) is 0.508. The molecular weight excluding hydrogens is 124 g/mol. The molecule has 1 fully saturated rings. The van der Waals surface area contributed by atoms with E-state index in [1.165, 1.54) is 18.4 Å². The van der Waals surface area contributed by atoms with Crippen LogP contribution in [0.3, 0.4) is 0 Å². The van der Waals surface area contributed by atoms with Crippen molar-refractivity contribution in [3.63, 3.8) is 0 Å². The van der Waals surface area contributed by atoms with E-state index in [0.717, 1.165) is 6.42 Å². The molecule has 58 valence electrons. The Hall–Kier alpha value is -0.300. The van der Waals surface area contributed by atoms with E-state index < -0.39 is 0 Å². The number of methoxy groups -OCH3 is 1. The van der Waals surface area contributed by atoms with Gasteiger partial charge in [0.1, 0.15) is 0 Å². The minimum Gasteiger partial charge on any atom is -0.377 e. The normalized spacial score (nSPS) is 34.4. The standard InChI is InChI=1S/C9H16O/c1-7-5-4-6-8(2)9(7)10-3/h8-9H,1,4-6H2,2-3H3/t8?,9-/m0/s1. The zero-order chi connectivity index (χ0) is 7.56. The minimum atomic E-state index is 0.328. The van der Waals surface area contributed by atoms with Crippen LogP contribution in [0.1, 0.15) is 26.2 Å². The van der Waals surface area contributed by atoms with Crippen molar-refractivity contribution >= 4 is 0 Å². The minimum absolute atomic E-state index is 0.328. The van der Waals surface area contributed by atoms with Gasteiger partial charge in [-0.1, -0.05) is 13.5 Å². The van der Waals surface area contributed by atoms with Gasteiger partial charge in [0, 0.05) is 7.11 Å². The highest BCUT2D eigenvalue weighted by molar-refractivity contribution is 5.07. The summed E-state index contributed by atoms with van der Waals surface area (Å²) in [5.74, 6) is 0.672. The van der Waals surface area contributed by atoms with E-state index in [1.807, 2.05) is 0 Å². The summed E-state index contributed by atoms with van der Waals surface area (Å²) in [6.45, 7) is 6.23. The molecule has 1 heteroatoms. The maximum atomic E-state index is 5.32. The van der Waals surface area contributed by atoms with Crippen molar-refractivity contribution in [2.45, 2.75) is 32.3 Å². The van der Waals surface area contributed by atoms with E-state index in [9.17, 15) is 0 Å². The summed E-state index contributed by atoms with van der Waals surface area (Å²) < 4.78 is 5.32. The van der Waals surface area contributed by atoms with E-state index in [2.05, 4.69) is 13.5 Å². The molecule has 0 aliphatic heterocycles. The molecule has 0 heterocycles. The van der Waals surface area contributed by atoms with Crippen LogP contribution < -0.4 is 0 Å². The SMILES string of the molecule is C=C1CCCC(C)[C@H]1OC. The van der Waals surface area contributed by atoms with Crippen molar-refractivity contribution in [3.8, 4) is 0 Å². The van der Waals surface area contributed by atoms with Crippen LogP contribution >= 0.6 is 0 Å². The van der Waals surface area contributed by atoms with Gasteiger partial charge in [-0.15, -0.1) is 0 Å². The van der Waals surface area contributed by atoms with Gasteiger partial charge in [0.2, 0.25) is 0 Å². The first-order valence-electron chi connectivity index (χ1n) is 3.96. The maximum Gasteiger partial charge on any atom is 0.0804 e. The smallest absolute Gasteiger partial charge is 0.0804 e. The van der Waals surface area contributed by atoms with E-state index >= 15 is 0 Å². The topological polar surface area (TPSA) is 9.23 Å². The zero-order valence-corrected chi connectivity index (χ0v) is 6.89. The fourth-order valence-electron chi connectivity index (χ4n) is 1.75. The summed E-state index contributed by atoms with van der Waals surface area (Å²) in [4.78, 5) is 0. The van der Waals surface area contributed by atoms with Gasteiger partial charge in [0.15, 0.2) is 0 Å². The first kappa shape index (κ1) is 7.80. The average Bonchev–Trinajstić information content (AvgIpc) is 1.88. The second kappa shape index (κ2) is 3.20. The van der Waals surface area contributed by atoms with Crippen LogP contribution in [-0.4, -0.2) is 13.2 Å². The summed E-state index contributed by atoms with van der Waals surface area (Å²) in [6, 6.07) is 0. The van der Waals surface area contributed by atoms with Gasteiger partial charge in [-0.25, -0.2) is 0 Å². The largest absolute Gasteiger partial charge is 0.377 e. The lowest BCUT2D eigenvalue weighted by Crippen LogP contribution is -2.26. The van der Waals surface area contributed by atoms with Crippen molar-refractivity contribution in [2.75, 3.05) is 7.11 Å². The number of ether oxygens (including phenoxy) is 1. The fraction of sp³-hybridized carbons (Fsp3) is 0.778. The molecule has 1 aliphatic rings. The third-order valence-electron chi connectivity index (χ3n) is 2.33. The van der Waals surface area contributed by atoms with Crippen LogP contribution in [-0.2, 0) is 4.74 Å². The predicted octanol–water partition coefficient (Wildman–Crippen LogP) is 2.38. The van der Waals surface area contributed by atoms with Gasteiger partial charge >= 0.3 is 0 Å². The highest BCUT2D eigenvalue weighted by atomic mass is 16.5. The molecule has 10 heavy (non-hydrogen) atoms. The van der Waals surface area contributed by atoms with Crippen molar-refractivity contribution in [3.05, 3.63) is 12.2 Å². The lowest BCUT2D eigenvalue weighted by molar-refractivity contribution is 0.0693. The molecular formula is C9H16O. The highest BCUT2D eigenvalue weighted by Crippen LogP contribution is 2.28. The second-order valence-electron chi connectivity index (χ2n) is 3.18. The molecule has 0 aromatic rings. The molecule has 1 nitrogen and oxygen atoms in total. The van der Waals surface area contributed by atoms with E-state index in [0.29, 0.717) is 12.0 Å². The molecule has 1 unspecified atom stereocenters. The second-order valence-corrected chi connectivity index (χ2v) is 3.18. The molecule has 1 aliphatic carbocycles. The van der Waals surface area contributed by atoms with E-state index in [4.69, 9.17) is 4.74 Å². The van der Waals surface area contributed by atoms with Crippen LogP contribution in [0.4, 0.5) is 0 Å². The Labute approximate surface area is 63.1 Å². The van der Waals surface area contributed by atoms with Crippen molar-refractivity contribution < 1.29 is 4.74 Å². The van der Waals surface area contributed by atoms with Gasteiger partial charge in [-0.3, -0.25) is 0 Å². The lowest BCUT2D eigenvalue weighted by atomic mass is 9.85. The number of hydrogen-bond donors (Lipinski definition) is 0. The molecule has 1 rings (SSSR count). The van der Waals surface area contributed by atoms with Crippen LogP contribution in [0.2, 0.25) is 0 Å². The summed E-state index contributed by atoms with van der Waals surface area (Å²) >= 11 is 0. The molecule has 0 saturated heterocycles. The highest BCUT2D eigenvalue weighted by Gasteiger charge is 2.23. The Morgan fingerprint density at radius 3 is 2.70 bits per heavy atom. The van der Waals surface area contributed by atoms with Crippen LogP contribution in [0.5, 0.6) is 0 Å². The summed E-state index contributed by atoms with van der Waals surface area (Å²) in [7, 11) is 1.78. The third kappa shape index (κ3) is 1.40. The molecule has 0 radical (unpaired) electrons. The Morgan fingerprint density at radius 1 is 1.60 bits per heavy atom. The Morgan fingerprint density at radius 2 is 2.30 bits per heavy atom. The first-order valence-corrected chi connectivity index (χ1v) is 3.96. The molecule has 0 aromatic carbocycles. The maximum absolute atomic E-state index is 5.32. The lowest BCUT2D eigenvalue weighted by Gasteiger charge is -2.29. The molecule has 0 bridgehead atoms. The molecule has 0 amide bonds. The Balaban J connectivity index is 2.53. The predicted molar refractivity (Wildman–Crippen MR) is 43.0 cm³/mol. The average molecular weight is 140 g/mol. The van der Waals surface area contributed by atoms with E-state index in [-0.39, 0.29) is 0 Å². The molecule has 1 saturated carbocycles. The third-order valence-corrected chi connectivity index (χ3v) is 2.33. The summed E-state index contributed by atoms with van der Waals surface area (Å²) in [5, 5.41) is 0. The van der Waals surface area contributed by atoms with Gasteiger partial charge < -0.3 is 4.74 Å². The van der Waals surface area contributed by atoms with E-state index in [1.54, 1.807) is 7.11 Å².